The molecule has 0 saturated heterocycles. The zero-order valence-corrected chi connectivity index (χ0v) is 6.83. The maximum absolute atomic E-state index is 10.8. The lowest BCUT2D eigenvalue weighted by Gasteiger charge is -2.12. The second-order valence-corrected chi connectivity index (χ2v) is 2.58. The molecule has 0 aromatic rings. The van der Waals surface area contributed by atoms with Crippen molar-refractivity contribution in [1.29, 1.82) is 0 Å². The molecule has 0 aromatic heterocycles. The largest absolute Gasteiger partial charge is 0.481 e. The number of carbonyl (C=O) groups is 2. The van der Waals surface area contributed by atoms with Gasteiger partial charge >= 0.3 is 11.9 Å². The molecule has 1 N–H and O–H groups in total. The van der Waals surface area contributed by atoms with Crippen LogP contribution >= 0.6 is 0 Å². The van der Waals surface area contributed by atoms with E-state index in [1.54, 1.807) is 13.8 Å². The van der Waals surface area contributed by atoms with Crippen LogP contribution in [-0.2, 0) is 14.3 Å². The average Bonchev–Trinajstić information content (AvgIpc) is 1.85. The van der Waals surface area contributed by atoms with Gasteiger partial charge in [0.2, 0.25) is 0 Å². The van der Waals surface area contributed by atoms with E-state index in [0.717, 1.165) is 0 Å². The van der Waals surface area contributed by atoms with E-state index in [1.165, 1.54) is 7.11 Å². The summed E-state index contributed by atoms with van der Waals surface area (Å²) in [5.41, 5.74) is 0. The molecule has 64 valence electrons. The van der Waals surface area contributed by atoms with Crippen LogP contribution in [-0.4, -0.2) is 24.2 Å². The summed E-state index contributed by atoms with van der Waals surface area (Å²) in [6.07, 6.45) is 0. The van der Waals surface area contributed by atoms with Crippen molar-refractivity contribution in [3.8, 4) is 0 Å². The van der Waals surface area contributed by atoms with Crippen molar-refractivity contribution >= 4 is 11.9 Å². The van der Waals surface area contributed by atoms with Gasteiger partial charge in [-0.15, -0.1) is 0 Å². The first-order chi connectivity index (χ1) is 5.00. The van der Waals surface area contributed by atoms with E-state index in [2.05, 4.69) is 4.74 Å². The van der Waals surface area contributed by atoms with Crippen molar-refractivity contribution in [2.45, 2.75) is 13.8 Å². The van der Waals surface area contributed by atoms with E-state index in [4.69, 9.17) is 5.11 Å². The van der Waals surface area contributed by atoms with Crippen LogP contribution in [0.25, 0.3) is 0 Å². The molecule has 0 fully saturated rings. The van der Waals surface area contributed by atoms with Crippen molar-refractivity contribution in [3.63, 3.8) is 0 Å². The van der Waals surface area contributed by atoms with Gasteiger partial charge in [-0.1, -0.05) is 13.8 Å². The van der Waals surface area contributed by atoms with E-state index in [9.17, 15) is 9.59 Å². The first kappa shape index (κ1) is 9.94. The summed E-state index contributed by atoms with van der Waals surface area (Å²) >= 11 is 0. The minimum atomic E-state index is -1.13. The fourth-order valence-electron chi connectivity index (χ4n) is 0.785. The topological polar surface area (TPSA) is 63.6 Å². The monoisotopic (exact) mass is 160 g/mol. The van der Waals surface area contributed by atoms with Crippen molar-refractivity contribution in [2.24, 2.45) is 11.8 Å². The van der Waals surface area contributed by atoms with Gasteiger partial charge in [0.25, 0.3) is 0 Å². The molecule has 4 heteroatoms. The second kappa shape index (κ2) is 3.95. The van der Waals surface area contributed by atoms with Gasteiger partial charge in [0.05, 0.1) is 7.11 Å². The Balaban J connectivity index is 4.34. The molecule has 0 aliphatic rings. The molecule has 0 radical (unpaired) electrons. The predicted octanol–water partition coefficient (Wildman–Crippen LogP) is 0.516. The van der Waals surface area contributed by atoms with Gasteiger partial charge in [-0.05, 0) is 5.92 Å². The molecule has 0 spiro atoms. The number of aliphatic carboxylic acids is 1. The Hall–Kier alpha value is -1.06. The van der Waals surface area contributed by atoms with E-state index in [0.29, 0.717) is 0 Å². The molecule has 0 rings (SSSR count). The number of carboxylic acid groups (broad SMARTS) is 1. The van der Waals surface area contributed by atoms with Crippen LogP contribution in [0.4, 0.5) is 0 Å². The van der Waals surface area contributed by atoms with Gasteiger partial charge in [0.1, 0.15) is 0 Å². The number of esters is 1. The highest BCUT2D eigenvalue weighted by Crippen LogP contribution is 2.12. The van der Waals surface area contributed by atoms with Crippen LogP contribution in [0.5, 0.6) is 0 Å². The molecule has 1 unspecified atom stereocenters. The Labute approximate surface area is 65.2 Å². The second-order valence-electron chi connectivity index (χ2n) is 2.58. The molecule has 0 amide bonds. The molecular weight excluding hydrogens is 148 g/mol. The van der Waals surface area contributed by atoms with Gasteiger partial charge in [-0.3, -0.25) is 9.59 Å². The Kier molecular flexibility index (Phi) is 3.57. The van der Waals surface area contributed by atoms with Crippen LogP contribution in [0, 0.1) is 11.8 Å². The zero-order valence-electron chi connectivity index (χ0n) is 6.83. The number of carbonyl (C=O) groups excluding carboxylic acids is 1. The number of hydrogen-bond donors (Lipinski definition) is 1. The van der Waals surface area contributed by atoms with Gasteiger partial charge in [0.15, 0.2) is 5.92 Å². The number of carboxylic acids is 1. The maximum Gasteiger partial charge on any atom is 0.320 e. The van der Waals surface area contributed by atoms with Gasteiger partial charge < -0.3 is 9.84 Å². The molecule has 4 nitrogen and oxygen atoms in total. The first-order valence-corrected chi connectivity index (χ1v) is 3.31. The SMILES string of the molecule is COC(=O)C(C(=O)O)C(C)C. The van der Waals surface area contributed by atoms with Crippen molar-refractivity contribution in [1.82, 2.24) is 0 Å². The minimum Gasteiger partial charge on any atom is -0.481 e. The molecule has 0 saturated carbocycles. The summed E-state index contributed by atoms with van der Waals surface area (Å²) < 4.78 is 4.32. The fourth-order valence-corrected chi connectivity index (χ4v) is 0.785. The number of methoxy groups -OCH3 is 1. The van der Waals surface area contributed by atoms with Crippen LogP contribution in [0.1, 0.15) is 13.8 Å². The third kappa shape index (κ3) is 2.57. The van der Waals surface area contributed by atoms with Gasteiger partial charge in [0, 0.05) is 0 Å². The van der Waals surface area contributed by atoms with E-state index in [1.807, 2.05) is 0 Å². The van der Waals surface area contributed by atoms with Crippen LogP contribution in [0.3, 0.4) is 0 Å². The Morgan fingerprint density at radius 2 is 1.82 bits per heavy atom. The third-order valence-corrected chi connectivity index (χ3v) is 1.39. The normalized spacial score (nSPS) is 12.7. The molecule has 0 bridgehead atoms. The Morgan fingerprint density at radius 1 is 1.36 bits per heavy atom. The highest BCUT2D eigenvalue weighted by atomic mass is 16.5. The number of rotatable bonds is 3. The summed E-state index contributed by atoms with van der Waals surface area (Å²) in [6.45, 7) is 3.32. The zero-order chi connectivity index (χ0) is 9.02. The quantitative estimate of drug-likeness (QED) is 0.482. The molecule has 0 heterocycles. The Bertz CT molecular complexity index is 162. The van der Waals surface area contributed by atoms with E-state index >= 15 is 0 Å². The van der Waals surface area contributed by atoms with Crippen LogP contribution in [0.15, 0.2) is 0 Å². The standard InChI is InChI=1S/C7H12O4/c1-4(2)5(6(8)9)7(10)11-3/h4-5H,1-3H3,(H,8,9). The molecular formula is C7H12O4. The first-order valence-electron chi connectivity index (χ1n) is 3.31. The fraction of sp³-hybridized carbons (Fsp3) is 0.714. The lowest BCUT2D eigenvalue weighted by atomic mass is 9.96. The highest BCUT2D eigenvalue weighted by molar-refractivity contribution is 5.94. The lowest BCUT2D eigenvalue weighted by molar-refractivity contribution is -0.158. The highest BCUT2D eigenvalue weighted by Gasteiger charge is 2.30. The summed E-state index contributed by atoms with van der Waals surface area (Å²) in [4.78, 5) is 21.2. The van der Waals surface area contributed by atoms with E-state index in [-0.39, 0.29) is 5.92 Å². The molecule has 0 aliphatic heterocycles. The average molecular weight is 160 g/mol. The summed E-state index contributed by atoms with van der Waals surface area (Å²) in [7, 11) is 1.18. The van der Waals surface area contributed by atoms with Gasteiger partial charge in [-0.25, -0.2) is 0 Å². The lowest BCUT2D eigenvalue weighted by Crippen LogP contribution is -2.29. The maximum atomic E-state index is 10.8. The van der Waals surface area contributed by atoms with E-state index < -0.39 is 17.9 Å². The third-order valence-electron chi connectivity index (χ3n) is 1.39. The summed E-state index contributed by atoms with van der Waals surface area (Å²) in [5.74, 6) is -3.10. The van der Waals surface area contributed by atoms with Crippen molar-refractivity contribution in [2.75, 3.05) is 7.11 Å². The van der Waals surface area contributed by atoms with Crippen LogP contribution < -0.4 is 0 Å². The predicted molar refractivity (Wildman–Crippen MR) is 38.0 cm³/mol. The number of hydrogen-bond acceptors (Lipinski definition) is 3. The minimum absolute atomic E-state index is 0.236. The summed E-state index contributed by atoms with van der Waals surface area (Å²) in [5, 5.41) is 8.54. The molecule has 0 aromatic carbocycles. The van der Waals surface area contributed by atoms with Crippen molar-refractivity contribution < 1.29 is 19.4 Å². The molecule has 11 heavy (non-hydrogen) atoms. The summed E-state index contributed by atoms with van der Waals surface area (Å²) in [6, 6.07) is 0. The van der Waals surface area contributed by atoms with Crippen LogP contribution in [0.2, 0.25) is 0 Å². The smallest absolute Gasteiger partial charge is 0.320 e. The Morgan fingerprint density at radius 3 is 1.91 bits per heavy atom. The molecule has 0 aliphatic carbocycles. The van der Waals surface area contributed by atoms with Crippen molar-refractivity contribution in [3.05, 3.63) is 0 Å². The molecule has 1 atom stereocenters. The van der Waals surface area contributed by atoms with Gasteiger partial charge in [-0.2, -0.15) is 0 Å². The number of ether oxygens (including phenoxy) is 1.